The summed E-state index contributed by atoms with van der Waals surface area (Å²) in [6, 6.07) is 11.4. The average Bonchev–Trinajstić information content (AvgIpc) is 2.95. The van der Waals surface area contributed by atoms with Crippen molar-refractivity contribution in [3.05, 3.63) is 58.1 Å². The number of hydrogen-bond donors (Lipinski definition) is 4. The number of esters is 1. The molecule has 12 nitrogen and oxygen atoms in total. The average molecular weight is 598 g/mol. The normalized spacial score (nSPS) is 14.6. The first-order valence-corrected chi connectivity index (χ1v) is 13.3. The smallest absolute Gasteiger partial charge is 0.414 e. The van der Waals surface area contributed by atoms with Gasteiger partial charge in [-0.15, -0.1) is 0 Å². The summed E-state index contributed by atoms with van der Waals surface area (Å²) < 4.78 is 26.2. The SMILES string of the molecule is CCOC(=O)COc1ccc2c(c1)C[C@@H](NCC(O)c1ccc(OCOCCOC)c(Cl)c1)CC2.O=C(O)C(=O)O. The van der Waals surface area contributed by atoms with Crippen molar-refractivity contribution in [2.75, 3.05) is 46.9 Å². The molecule has 2 aromatic rings. The molecule has 1 unspecified atom stereocenters. The van der Waals surface area contributed by atoms with Gasteiger partial charge in [0, 0.05) is 19.7 Å². The van der Waals surface area contributed by atoms with Crippen LogP contribution in [0.3, 0.4) is 0 Å². The molecule has 1 aliphatic carbocycles. The summed E-state index contributed by atoms with van der Waals surface area (Å²) in [6.45, 7) is 3.40. The van der Waals surface area contributed by atoms with E-state index in [4.69, 9.17) is 55.1 Å². The summed E-state index contributed by atoms with van der Waals surface area (Å²) in [4.78, 5) is 29.7. The summed E-state index contributed by atoms with van der Waals surface area (Å²) in [5.74, 6) is -2.88. The van der Waals surface area contributed by atoms with Crippen LogP contribution in [-0.2, 0) is 41.4 Å². The van der Waals surface area contributed by atoms with E-state index in [-0.39, 0.29) is 25.4 Å². The molecule has 0 saturated carbocycles. The molecule has 4 N–H and O–H groups in total. The van der Waals surface area contributed by atoms with Crippen LogP contribution < -0.4 is 14.8 Å². The van der Waals surface area contributed by atoms with Gasteiger partial charge in [-0.25, -0.2) is 14.4 Å². The highest BCUT2D eigenvalue weighted by molar-refractivity contribution is 6.32. The van der Waals surface area contributed by atoms with E-state index < -0.39 is 18.0 Å². The van der Waals surface area contributed by atoms with E-state index in [1.165, 1.54) is 11.1 Å². The number of carboxylic acid groups (broad SMARTS) is 2. The highest BCUT2D eigenvalue weighted by Gasteiger charge is 2.21. The number of nitrogens with one attached hydrogen (secondary N) is 1. The lowest BCUT2D eigenvalue weighted by atomic mass is 9.88. The summed E-state index contributed by atoms with van der Waals surface area (Å²) in [7, 11) is 1.61. The first-order chi connectivity index (χ1) is 19.6. The van der Waals surface area contributed by atoms with Crippen molar-refractivity contribution in [2.45, 2.75) is 38.3 Å². The molecule has 0 amide bonds. The number of benzene rings is 2. The Balaban J connectivity index is 0.000000883. The molecule has 0 bridgehead atoms. The molecule has 2 aromatic carbocycles. The number of hydrogen-bond acceptors (Lipinski definition) is 10. The van der Waals surface area contributed by atoms with Crippen LogP contribution in [0.25, 0.3) is 0 Å². The Hall–Kier alpha value is -3.42. The lowest BCUT2D eigenvalue weighted by Gasteiger charge is -2.27. The lowest BCUT2D eigenvalue weighted by Crippen LogP contribution is -2.37. The Morgan fingerprint density at radius 1 is 1.05 bits per heavy atom. The maximum Gasteiger partial charge on any atom is 0.414 e. The molecule has 226 valence electrons. The highest BCUT2D eigenvalue weighted by atomic mass is 35.5. The largest absolute Gasteiger partial charge is 0.482 e. The molecule has 0 fully saturated rings. The maximum absolute atomic E-state index is 11.5. The van der Waals surface area contributed by atoms with E-state index >= 15 is 0 Å². The molecule has 0 saturated heterocycles. The van der Waals surface area contributed by atoms with Crippen LogP contribution in [0, 0.1) is 0 Å². The van der Waals surface area contributed by atoms with Gasteiger partial charge in [0.1, 0.15) is 11.5 Å². The zero-order chi connectivity index (χ0) is 30.2. The number of carbonyl (C=O) groups is 3. The van der Waals surface area contributed by atoms with Gasteiger partial charge in [-0.05, 0) is 67.1 Å². The number of carboxylic acids is 2. The van der Waals surface area contributed by atoms with E-state index in [0.29, 0.717) is 48.5 Å². The number of halogens is 1. The van der Waals surface area contributed by atoms with E-state index in [1.54, 1.807) is 32.2 Å². The van der Waals surface area contributed by atoms with Gasteiger partial charge in [0.15, 0.2) is 13.4 Å². The van der Waals surface area contributed by atoms with Gasteiger partial charge in [-0.2, -0.15) is 0 Å². The topological polar surface area (TPSA) is 170 Å². The fraction of sp³-hybridized carbons (Fsp3) is 0.464. The predicted molar refractivity (Wildman–Crippen MR) is 147 cm³/mol. The second-order valence-electron chi connectivity index (χ2n) is 8.85. The third-order valence-electron chi connectivity index (χ3n) is 5.92. The number of aliphatic hydroxyl groups is 1. The van der Waals surface area contributed by atoms with E-state index in [2.05, 4.69) is 11.4 Å². The molecule has 0 radical (unpaired) electrons. The summed E-state index contributed by atoms with van der Waals surface area (Å²) >= 11 is 6.32. The molecule has 0 aliphatic heterocycles. The standard InChI is InChI=1S/C26H34ClNO7.C2H2O4/c1-3-33-26(30)16-34-22-8-5-18-4-7-21(12-20(18)13-22)28-15-24(29)19-6-9-25(23(27)14-19)35-17-32-11-10-31-2;3-1(4)2(5)6/h5-6,8-9,13-14,21,24,28-29H,3-4,7,10-12,15-17H2,1-2H3;(H,3,4)(H,5,6)/t21-,24?;/m0./s1. The molecule has 3 rings (SSSR count). The van der Waals surface area contributed by atoms with Gasteiger partial charge in [-0.3, -0.25) is 0 Å². The van der Waals surface area contributed by atoms with Crippen molar-refractivity contribution in [1.82, 2.24) is 5.32 Å². The van der Waals surface area contributed by atoms with Crippen molar-refractivity contribution < 1.29 is 53.4 Å². The van der Waals surface area contributed by atoms with Crippen molar-refractivity contribution in [1.29, 1.82) is 0 Å². The lowest BCUT2D eigenvalue weighted by molar-refractivity contribution is -0.159. The molecular weight excluding hydrogens is 562 g/mol. The third-order valence-corrected chi connectivity index (χ3v) is 6.22. The van der Waals surface area contributed by atoms with Gasteiger partial charge in [-0.1, -0.05) is 23.7 Å². The Morgan fingerprint density at radius 2 is 1.80 bits per heavy atom. The van der Waals surface area contributed by atoms with Crippen LogP contribution in [0.15, 0.2) is 36.4 Å². The number of rotatable bonds is 14. The molecule has 2 atom stereocenters. The van der Waals surface area contributed by atoms with Crippen LogP contribution in [-0.4, -0.2) is 86.1 Å². The number of ether oxygens (including phenoxy) is 5. The van der Waals surface area contributed by atoms with Crippen molar-refractivity contribution in [3.8, 4) is 11.5 Å². The molecular formula is C28H36ClNO11. The molecule has 41 heavy (non-hydrogen) atoms. The first-order valence-electron chi connectivity index (χ1n) is 12.9. The van der Waals surface area contributed by atoms with Gasteiger partial charge in [0.25, 0.3) is 0 Å². The number of aryl methyl sites for hydroxylation is 1. The number of aliphatic carboxylic acids is 2. The minimum absolute atomic E-state index is 0.0747. The first kappa shape index (κ1) is 33.8. The maximum atomic E-state index is 11.5. The van der Waals surface area contributed by atoms with Gasteiger partial charge in [0.05, 0.1) is 30.9 Å². The Morgan fingerprint density at radius 3 is 2.46 bits per heavy atom. The van der Waals surface area contributed by atoms with E-state index in [1.807, 2.05) is 12.1 Å². The predicted octanol–water partition coefficient (Wildman–Crippen LogP) is 2.62. The molecule has 0 heterocycles. The van der Waals surface area contributed by atoms with E-state index in [9.17, 15) is 9.90 Å². The fourth-order valence-electron chi connectivity index (χ4n) is 3.89. The summed E-state index contributed by atoms with van der Waals surface area (Å²) in [5.41, 5.74) is 3.17. The molecule has 1 aliphatic rings. The van der Waals surface area contributed by atoms with Crippen LogP contribution in [0.4, 0.5) is 0 Å². The highest BCUT2D eigenvalue weighted by Crippen LogP contribution is 2.29. The number of aliphatic hydroxyl groups excluding tert-OH is 1. The second kappa shape index (κ2) is 18.1. The summed E-state index contributed by atoms with van der Waals surface area (Å²) in [5, 5.41) is 29.3. The third kappa shape index (κ3) is 12.3. The second-order valence-corrected chi connectivity index (χ2v) is 9.26. The van der Waals surface area contributed by atoms with Crippen molar-refractivity contribution in [3.63, 3.8) is 0 Å². The quantitative estimate of drug-likeness (QED) is 0.109. The number of carbonyl (C=O) groups excluding carboxylic acids is 1. The van der Waals surface area contributed by atoms with Crippen LogP contribution in [0.2, 0.25) is 5.02 Å². The Bertz CT molecular complexity index is 1130. The Kier molecular flexibility index (Phi) is 14.9. The van der Waals surface area contributed by atoms with Gasteiger partial charge >= 0.3 is 17.9 Å². The van der Waals surface area contributed by atoms with Gasteiger partial charge < -0.3 is 44.3 Å². The minimum Gasteiger partial charge on any atom is -0.482 e. The van der Waals surface area contributed by atoms with Crippen LogP contribution in [0.5, 0.6) is 11.5 Å². The van der Waals surface area contributed by atoms with E-state index in [0.717, 1.165) is 19.3 Å². The van der Waals surface area contributed by atoms with Crippen molar-refractivity contribution in [2.24, 2.45) is 0 Å². The van der Waals surface area contributed by atoms with Crippen LogP contribution in [0.1, 0.15) is 36.1 Å². The summed E-state index contributed by atoms with van der Waals surface area (Å²) in [6.07, 6.45) is 2.01. The van der Waals surface area contributed by atoms with Crippen molar-refractivity contribution >= 4 is 29.5 Å². The molecule has 13 heteroatoms. The number of methoxy groups -OCH3 is 1. The van der Waals surface area contributed by atoms with Crippen LogP contribution >= 0.6 is 11.6 Å². The monoisotopic (exact) mass is 597 g/mol. The zero-order valence-electron chi connectivity index (χ0n) is 23.0. The fourth-order valence-corrected chi connectivity index (χ4v) is 4.13. The molecule has 0 spiro atoms. The minimum atomic E-state index is -1.82. The number of fused-ring (bicyclic) bond motifs is 1. The Labute approximate surface area is 243 Å². The van der Waals surface area contributed by atoms with Gasteiger partial charge in [0.2, 0.25) is 0 Å². The molecule has 0 aromatic heterocycles. The zero-order valence-corrected chi connectivity index (χ0v) is 23.7.